The molecule has 1 aliphatic carbocycles. The fourth-order valence-electron chi connectivity index (χ4n) is 2.96. The summed E-state index contributed by atoms with van der Waals surface area (Å²) in [6, 6.07) is 4.78. The molecule has 1 unspecified atom stereocenters. The lowest BCUT2D eigenvalue weighted by Gasteiger charge is -2.33. The van der Waals surface area contributed by atoms with Gasteiger partial charge >= 0.3 is 0 Å². The molecule has 0 radical (unpaired) electrons. The third kappa shape index (κ3) is 2.85. The Morgan fingerprint density at radius 1 is 1.44 bits per heavy atom. The molecule has 0 heterocycles. The molecule has 2 rings (SSSR count). The second-order valence-electron chi connectivity index (χ2n) is 5.52. The van der Waals surface area contributed by atoms with Crippen molar-refractivity contribution < 1.29 is 4.39 Å². The van der Waals surface area contributed by atoms with Crippen molar-refractivity contribution in [3.8, 4) is 0 Å². The van der Waals surface area contributed by atoms with E-state index >= 15 is 0 Å². The first-order valence-corrected chi connectivity index (χ1v) is 6.83. The first-order chi connectivity index (χ1) is 8.55. The molecular weight excluding hydrogens is 251 g/mol. The third-order valence-electron chi connectivity index (χ3n) is 4.22. The number of hydrogen-bond acceptors (Lipinski definition) is 2. The van der Waals surface area contributed by atoms with Crippen molar-refractivity contribution in [3.63, 3.8) is 0 Å². The zero-order valence-electron chi connectivity index (χ0n) is 10.7. The highest BCUT2D eigenvalue weighted by Gasteiger charge is 2.36. The topological polar surface area (TPSA) is 38.0 Å². The Labute approximate surface area is 113 Å². The van der Waals surface area contributed by atoms with E-state index in [1.54, 1.807) is 12.1 Å². The number of hydrogen-bond donors (Lipinski definition) is 2. The van der Waals surface area contributed by atoms with Crippen LogP contribution in [0.5, 0.6) is 0 Å². The molecule has 0 aromatic heterocycles. The molecule has 3 N–H and O–H groups in total. The van der Waals surface area contributed by atoms with Crippen LogP contribution in [0.1, 0.15) is 38.2 Å². The molecule has 0 amide bonds. The number of nitrogens with one attached hydrogen (secondary N) is 1. The lowest BCUT2D eigenvalue weighted by molar-refractivity contribution is 0.219. The molecule has 2 nitrogen and oxygen atoms in total. The lowest BCUT2D eigenvalue weighted by atomic mass is 9.78. The molecule has 0 saturated heterocycles. The number of halogens is 2. The Morgan fingerprint density at radius 3 is 2.72 bits per heavy atom. The summed E-state index contributed by atoms with van der Waals surface area (Å²) < 4.78 is 13.8. The van der Waals surface area contributed by atoms with E-state index in [-0.39, 0.29) is 17.3 Å². The van der Waals surface area contributed by atoms with Crippen molar-refractivity contribution in [1.29, 1.82) is 0 Å². The molecule has 1 atom stereocenters. The van der Waals surface area contributed by atoms with Gasteiger partial charge in [-0.1, -0.05) is 31.4 Å². The van der Waals surface area contributed by atoms with Gasteiger partial charge in [0.2, 0.25) is 0 Å². The van der Waals surface area contributed by atoms with Gasteiger partial charge in [0.1, 0.15) is 5.82 Å². The van der Waals surface area contributed by atoms with Gasteiger partial charge in [0.15, 0.2) is 0 Å². The summed E-state index contributed by atoms with van der Waals surface area (Å²) in [7, 11) is 0. The Kier molecular flexibility index (Phi) is 4.25. The predicted octanol–water partition coefficient (Wildman–Crippen LogP) is 3.43. The highest BCUT2D eigenvalue weighted by molar-refractivity contribution is 6.30. The minimum Gasteiger partial charge on any atom is -0.271 e. The summed E-state index contributed by atoms with van der Waals surface area (Å²) in [6.07, 6.45) is 5.33. The SMILES string of the molecule is CC1(C(Cc2cc(Cl)ccc2F)NN)CCCC1. The first kappa shape index (κ1) is 13.8. The molecular formula is C14H20ClFN2. The molecule has 0 spiro atoms. The summed E-state index contributed by atoms with van der Waals surface area (Å²) in [6.45, 7) is 2.23. The fourth-order valence-corrected chi connectivity index (χ4v) is 3.15. The van der Waals surface area contributed by atoms with Gasteiger partial charge in [-0.05, 0) is 48.4 Å². The van der Waals surface area contributed by atoms with Crippen LogP contribution < -0.4 is 11.3 Å². The predicted molar refractivity (Wildman–Crippen MR) is 72.8 cm³/mol. The van der Waals surface area contributed by atoms with E-state index in [0.29, 0.717) is 17.0 Å². The highest BCUT2D eigenvalue weighted by atomic mass is 35.5. The van der Waals surface area contributed by atoms with E-state index in [9.17, 15) is 4.39 Å². The van der Waals surface area contributed by atoms with E-state index in [1.807, 2.05) is 0 Å². The normalized spacial score (nSPS) is 20.0. The number of rotatable bonds is 4. The molecule has 18 heavy (non-hydrogen) atoms. The van der Waals surface area contributed by atoms with Crippen LogP contribution in [-0.2, 0) is 6.42 Å². The molecule has 0 aliphatic heterocycles. The van der Waals surface area contributed by atoms with Crippen LogP contribution in [0.15, 0.2) is 18.2 Å². The molecule has 1 fully saturated rings. The Hall–Kier alpha value is -0.640. The number of hydrazine groups is 1. The molecule has 1 saturated carbocycles. The number of nitrogens with two attached hydrogens (primary N) is 1. The first-order valence-electron chi connectivity index (χ1n) is 6.45. The van der Waals surface area contributed by atoms with Crippen molar-refractivity contribution in [3.05, 3.63) is 34.6 Å². The van der Waals surface area contributed by atoms with Gasteiger partial charge in [0.05, 0.1) is 0 Å². The van der Waals surface area contributed by atoms with Crippen LogP contribution in [0.25, 0.3) is 0 Å². The van der Waals surface area contributed by atoms with Gasteiger partial charge < -0.3 is 0 Å². The maximum absolute atomic E-state index is 13.8. The van der Waals surface area contributed by atoms with Crippen LogP contribution in [0, 0.1) is 11.2 Å². The molecule has 1 aromatic carbocycles. The van der Waals surface area contributed by atoms with E-state index in [2.05, 4.69) is 12.3 Å². The molecule has 1 aliphatic rings. The summed E-state index contributed by atoms with van der Waals surface area (Å²) >= 11 is 5.92. The maximum atomic E-state index is 13.8. The van der Waals surface area contributed by atoms with Crippen LogP contribution in [0.3, 0.4) is 0 Å². The molecule has 4 heteroatoms. The molecule has 1 aromatic rings. The minimum absolute atomic E-state index is 0.0907. The van der Waals surface area contributed by atoms with Gasteiger partial charge in [-0.25, -0.2) is 4.39 Å². The monoisotopic (exact) mass is 270 g/mol. The fraction of sp³-hybridized carbons (Fsp3) is 0.571. The Bertz CT molecular complexity index is 416. The van der Waals surface area contributed by atoms with Crippen LogP contribution >= 0.6 is 11.6 Å². The zero-order valence-corrected chi connectivity index (χ0v) is 11.4. The summed E-state index contributed by atoms with van der Waals surface area (Å²) in [5.41, 5.74) is 3.66. The second kappa shape index (κ2) is 5.55. The van der Waals surface area contributed by atoms with Gasteiger partial charge in [-0.3, -0.25) is 11.3 Å². The van der Waals surface area contributed by atoms with Crippen LogP contribution in [-0.4, -0.2) is 6.04 Å². The smallest absolute Gasteiger partial charge is 0.126 e. The van der Waals surface area contributed by atoms with Gasteiger partial charge in [0.25, 0.3) is 0 Å². The minimum atomic E-state index is -0.207. The third-order valence-corrected chi connectivity index (χ3v) is 4.46. The van der Waals surface area contributed by atoms with Crippen molar-refractivity contribution in [2.45, 2.75) is 45.1 Å². The van der Waals surface area contributed by atoms with Gasteiger partial charge in [-0.15, -0.1) is 0 Å². The maximum Gasteiger partial charge on any atom is 0.126 e. The molecule has 0 bridgehead atoms. The lowest BCUT2D eigenvalue weighted by Crippen LogP contribution is -2.47. The average Bonchev–Trinajstić information content (AvgIpc) is 2.78. The van der Waals surface area contributed by atoms with Crippen molar-refractivity contribution >= 4 is 11.6 Å². The summed E-state index contributed by atoms with van der Waals surface area (Å²) in [4.78, 5) is 0. The average molecular weight is 271 g/mol. The Morgan fingerprint density at radius 2 is 2.11 bits per heavy atom. The van der Waals surface area contributed by atoms with Crippen LogP contribution in [0.2, 0.25) is 5.02 Å². The standard InChI is InChI=1S/C14H20ClFN2/c1-14(6-2-3-7-14)13(18-17)9-10-8-11(15)4-5-12(10)16/h4-5,8,13,18H,2-3,6-7,9,17H2,1H3. The largest absolute Gasteiger partial charge is 0.271 e. The van der Waals surface area contributed by atoms with Crippen LogP contribution in [0.4, 0.5) is 4.39 Å². The van der Waals surface area contributed by atoms with E-state index in [1.165, 1.54) is 18.9 Å². The molecule has 100 valence electrons. The van der Waals surface area contributed by atoms with Gasteiger partial charge in [-0.2, -0.15) is 0 Å². The second-order valence-corrected chi connectivity index (χ2v) is 5.96. The highest BCUT2D eigenvalue weighted by Crippen LogP contribution is 2.41. The van der Waals surface area contributed by atoms with E-state index < -0.39 is 0 Å². The summed E-state index contributed by atoms with van der Waals surface area (Å²) in [5.74, 6) is 5.46. The summed E-state index contributed by atoms with van der Waals surface area (Å²) in [5, 5.41) is 0.568. The zero-order chi connectivity index (χ0) is 13.2. The van der Waals surface area contributed by atoms with E-state index in [4.69, 9.17) is 17.4 Å². The van der Waals surface area contributed by atoms with Crippen molar-refractivity contribution in [1.82, 2.24) is 5.43 Å². The van der Waals surface area contributed by atoms with Crippen molar-refractivity contribution in [2.75, 3.05) is 0 Å². The quantitative estimate of drug-likeness (QED) is 0.650. The number of benzene rings is 1. The Balaban J connectivity index is 2.17. The van der Waals surface area contributed by atoms with Crippen molar-refractivity contribution in [2.24, 2.45) is 11.3 Å². The van der Waals surface area contributed by atoms with Gasteiger partial charge in [0, 0.05) is 11.1 Å². The van der Waals surface area contributed by atoms with E-state index in [0.717, 1.165) is 12.8 Å².